The minimum atomic E-state index is 0. The van der Waals surface area contributed by atoms with Crippen molar-refractivity contribution in [2.45, 2.75) is 38.3 Å². The molecule has 1 heterocycles. The summed E-state index contributed by atoms with van der Waals surface area (Å²) >= 11 is 1.69. The van der Waals surface area contributed by atoms with Gasteiger partial charge in [-0.1, -0.05) is 12.8 Å². The molecular formula is C11H18IN3S. The molecule has 0 aromatic carbocycles. The predicted molar refractivity (Wildman–Crippen MR) is 80.5 cm³/mol. The van der Waals surface area contributed by atoms with Crippen LogP contribution in [0, 0.1) is 0 Å². The van der Waals surface area contributed by atoms with E-state index in [0.717, 1.165) is 0 Å². The molecule has 0 aliphatic heterocycles. The topological polar surface area (TPSA) is 50.4 Å². The summed E-state index contributed by atoms with van der Waals surface area (Å²) in [6, 6.07) is 2.63. The normalized spacial score (nSPS) is 17.1. The van der Waals surface area contributed by atoms with Crippen molar-refractivity contribution in [3.8, 4) is 0 Å². The van der Waals surface area contributed by atoms with Crippen LogP contribution in [0.5, 0.6) is 0 Å². The molecule has 16 heavy (non-hydrogen) atoms. The number of aliphatic imine (C=N–C) groups is 1. The van der Waals surface area contributed by atoms with Crippen molar-refractivity contribution in [2.75, 3.05) is 0 Å². The van der Waals surface area contributed by atoms with Crippen LogP contribution >= 0.6 is 35.3 Å². The number of rotatable bonds is 3. The monoisotopic (exact) mass is 351 g/mol. The Balaban J connectivity index is 0.00000128. The van der Waals surface area contributed by atoms with Gasteiger partial charge in [0.1, 0.15) is 0 Å². The molecule has 3 N–H and O–H groups in total. The fourth-order valence-electron chi connectivity index (χ4n) is 1.88. The Bertz CT molecular complexity index is 318. The lowest BCUT2D eigenvalue weighted by Gasteiger charge is -2.11. The highest BCUT2D eigenvalue weighted by molar-refractivity contribution is 14.0. The zero-order valence-corrected chi connectivity index (χ0v) is 12.3. The zero-order chi connectivity index (χ0) is 10.5. The molecule has 0 radical (unpaired) electrons. The Morgan fingerprint density at radius 3 is 2.88 bits per heavy atom. The minimum Gasteiger partial charge on any atom is -0.370 e. The predicted octanol–water partition coefficient (Wildman–Crippen LogP) is 2.71. The van der Waals surface area contributed by atoms with Gasteiger partial charge in [0.05, 0.1) is 6.54 Å². The number of nitrogens with two attached hydrogens (primary N) is 1. The molecule has 0 bridgehead atoms. The van der Waals surface area contributed by atoms with Gasteiger partial charge in [-0.15, -0.1) is 24.0 Å². The fraction of sp³-hybridized carbons (Fsp3) is 0.545. The summed E-state index contributed by atoms with van der Waals surface area (Å²) in [5.41, 5.74) is 7.04. The maximum absolute atomic E-state index is 5.81. The minimum absolute atomic E-state index is 0. The molecule has 1 saturated carbocycles. The van der Waals surface area contributed by atoms with Gasteiger partial charge >= 0.3 is 0 Å². The second-order valence-electron chi connectivity index (χ2n) is 3.96. The fourth-order valence-corrected chi connectivity index (χ4v) is 2.54. The highest BCUT2D eigenvalue weighted by Gasteiger charge is 2.14. The summed E-state index contributed by atoms with van der Waals surface area (Å²) in [5, 5.41) is 7.44. The van der Waals surface area contributed by atoms with E-state index in [1.54, 1.807) is 11.3 Å². The lowest BCUT2D eigenvalue weighted by Crippen LogP contribution is -2.38. The van der Waals surface area contributed by atoms with Crippen LogP contribution in [0.2, 0.25) is 0 Å². The van der Waals surface area contributed by atoms with E-state index in [-0.39, 0.29) is 24.0 Å². The molecule has 0 unspecified atom stereocenters. The van der Waals surface area contributed by atoms with Crippen LogP contribution in [-0.4, -0.2) is 12.0 Å². The first-order valence-electron chi connectivity index (χ1n) is 5.42. The van der Waals surface area contributed by atoms with Crippen LogP contribution in [0.25, 0.3) is 0 Å². The number of hydrogen-bond donors (Lipinski definition) is 2. The van der Waals surface area contributed by atoms with Crippen molar-refractivity contribution >= 4 is 41.3 Å². The van der Waals surface area contributed by atoms with Gasteiger partial charge in [0, 0.05) is 6.04 Å². The molecule has 1 fully saturated rings. The highest BCUT2D eigenvalue weighted by Crippen LogP contribution is 2.17. The number of thiophene rings is 1. The van der Waals surface area contributed by atoms with Crippen LogP contribution < -0.4 is 11.1 Å². The van der Waals surface area contributed by atoms with Gasteiger partial charge in [-0.2, -0.15) is 11.3 Å². The molecule has 90 valence electrons. The van der Waals surface area contributed by atoms with Crippen LogP contribution in [0.4, 0.5) is 0 Å². The van der Waals surface area contributed by atoms with Crippen molar-refractivity contribution in [1.82, 2.24) is 5.32 Å². The Hall–Kier alpha value is -0.300. The SMILES string of the molecule is I.NC(=NCc1ccsc1)NC1CCCC1. The third kappa shape index (κ3) is 4.29. The van der Waals surface area contributed by atoms with Crippen LogP contribution in [0.15, 0.2) is 21.8 Å². The molecule has 0 atom stereocenters. The summed E-state index contributed by atoms with van der Waals surface area (Å²) in [6.45, 7) is 0.690. The van der Waals surface area contributed by atoms with Crippen LogP contribution in [0.1, 0.15) is 31.2 Å². The standard InChI is InChI=1S/C11H17N3S.HI/c12-11(14-10-3-1-2-4-10)13-7-9-5-6-15-8-9;/h5-6,8,10H,1-4,7H2,(H3,12,13,14);1H. The molecular weight excluding hydrogens is 333 g/mol. The summed E-state index contributed by atoms with van der Waals surface area (Å²) in [6.07, 6.45) is 5.09. The quantitative estimate of drug-likeness (QED) is 0.500. The molecule has 1 aromatic heterocycles. The van der Waals surface area contributed by atoms with Crippen LogP contribution in [0.3, 0.4) is 0 Å². The maximum Gasteiger partial charge on any atom is 0.189 e. The number of guanidine groups is 1. The Morgan fingerprint density at radius 1 is 1.50 bits per heavy atom. The Kier molecular flexibility index (Phi) is 6.12. The number of nitrogens with zero attached hydrogens (tertiary/aromatic N) is 1. The van der Waals surface area contributed by atoms with E-state index in [2.05, 4.69) is 27.1 Å². The van der Waals surface area contributed by atoms with Gasteiger partial charge in [-0.3, -0.25) is 0 Å². The molecule has 0 saturated heterocycles. The molecule has 0 spiro atoms. The van der Waals surface area contributed by atoms with Gasteiger partial charge in [-0.25, -0.2) is 4.99 Å². The van der Waals surface area contributed by atoms with Crippen molar-refractivity contribution in [2.24, 2.45) is 10.7 Å². The van der Waals surface area contributed by atoms with Crippen molar-refractivity contribution in [3.63, 3.8) is 0 Å². The summed E-state index contributed by atoms with van der Waals surface area (Å²) in [4.78, 5) is 4.32. The van der Waals surface area contributed by atoms with E-state index in [4.69, 9.17) is 5.73 Å². The molecule has 2 rings (SSSR count). The van der Waals surface area contributed by atoms with Crippen LogP contribution in [-0.2, 0) is 6.54 Å². The zero-order valence-electron chi connectivity index (χ0n) is 9.19. The summed E-state index contributed by atoms with van der Waals surface area (Å²) < 4.78 is 0. The third-order valence-corrected chi connectivity index (χ3v) is 3.45. The van der Waals surface area contributed by atoms with Crippen molar-refractivity contribution in [1.29, 1.82) is 0 Å². The molecule has 1 aliphatic rings. The average molecular weight is 351 g/mol. The van der Waals surface area contributed by atoms with E-state index in [1.165, 1.54) is 31.2 Å². The number of halogens is 1. The smallest absolute Gasteiger partial charge is 0.189 e. The molecule has 1 aliphatic carbocycles. The van der Waals surface area contributed by atoms with Gasteiger partial charge in [-0.05, 0) is 35.2 Å². The highest BCUT2D eigenvalue weighted by atomic mass is 127. The average Bonchev–Trinajstić information content (AvgIpc) is 2.86. The molecule has 1 aromatic rings. The first-order chi connectivity index (χ1) is 7.34. The maximum atomic E-state index is 5.81. The first kappa shape index (κ1) is 13.8. The van der Waals surface area contributed by atoms with Crippen molar-refractivity contribution < 1.29 is 0 Å². The summed E-state index contributed by atoms with van der Waals surface area (Å²) in [7, 11) is 0. The number of hydrogen-bond acceptors (Lipinski definition) is 2. The first-order valence-corrected chi connectivity index (χ1v) is 6.36. The van der Waals surface area contributed by atoms with E-state index in [0.29, 0.717) is 18.5 Å². The Morgan fingerprint density at radius 2 is 2.25 bits per heavy atom. The largest absolute Gasteiger partial charge is 0.370 e. The molecule has 3 nitrogen and oxygen atoms in total. The lowest BCUT2D eigenvalue weighted by atomic mass is 10.2. The lowest BCUT2D eigenvalue weighted by molar-refractivity contribution is 0.625. The second kappa shape index (κ2) is 7.11. The third-order valence-electron chi connectivity index (χ3n) is 2.72. The van der Waals surface area contributed by atoms with E-state index in [9.17, 15) is 0 Å². The van der Waals surface area contributed by atoms with E-state index in [1.807, 2.05) is 0 Å². The van der Waals surface area contributed by atoms with E-state index >= 15 is 0 Å². The second-order valence-corrected chi connectivity index (χ2v) is 4.74. The summed E-state index contributed by atoms with van der Waals surface area (Å²) in [5.74, 6) is 0.591. The molecule has 5 heteroatoms. The van der Waals surface area contributed by atoms with E-state index < -0.39 is 0 Å². The Labute approximate surface area is 118 Å². The van der Waals surface area contributed by atoms with Gasteiger partial charge < -0.3 is 11.1 Å². The number of nitrogens with one attached hydrogen (secondary N) is 1. The van der Waals surface area contributed by atoms with Gasteiger partial charge in [0.2, 0.25) is 0 Å². The van der Waals surface area contributed by atoms with Gasteiger partial charge in [0.15, 0.2) is 5.96 Å². The van der Waals surface area contributed by atoms with Gasteiger partial charge in [0.25, 0.3) is 0 Å². The van der Waals surface area contributed by atoms with Crippen molar-refractivity contribution in [3.05, 3.63) is 22.4 Å². The molecule has 0 amide bonds.